The van der Waals surface area contributed by atoms with Gasteiger partial charge in [0.15, 0.2) is 0 Å². The second-order valence-corrected chi connectivity index (χ2v) is 5.51. The van der Waals surface area contributed by atoms with Gasteiger partial charge in [-0.1, -0.05) is 35.0 Å². The van der Waals surface area contributed by atoms with Gasteiger partial charge in [-0.2, -0.15) is 5.10 Å². The predicted molar refractivity (Wildman–Crippen MR) is 80.0 cm³/mol. The third-order valence-corrected chi connectivity index (χ3v) is 3.66. The first-order valence-electron chi connectivity index (χ1n) is 6.56. The normalized spacial score (nSPS) is 12.6. The second kappa shape index (κ2) is 6.82. The lowest BCUT2D eigenvalue weighted by molar-refractivity contribution is 0.545. The van der Waals surface area contributed by atoms with Crippen LogP contribution >= 0.6 is 15.9 Å². The molecule has 0 saturated heterocycles. The van der Waals surface area contributed by atoms with Gasteiger partial charge < -0.3 is 5.73 Å². The van der Waals surface area contributed by atoms with Crippen LogP contribution in [0, 0.1) is 0 Å². The van der Waals surface area contributed by atoms with Crippen molar-refractivity contribution in [2.75, 3.05) is 6.54 Å². The summed E-state index contributed by atoms with van der Waals surface area (Å²) < 4.78 is 3.05. The molecule has 5 heteroatoms. The van der Waals surface area contributed by atoms with E-state index in [4.69, 9.17) is 5.73 Å². The third kappa shape index (κ3) is 3.64. The average molecular weight is 323 g/mol. The highest BCUT2D eigenvalue weighted by Crippen LogP contribution is 2.22. The molecule has 0 spiro atoms. The number of hydrogen-bond donors (Lipinski definition) is 1. The standard InChI is InChI=1S/C14H19BrN4/c1-2-6-19-14(17-10-18-19)8-12(9-16)11-4-3-5-13(15)7-11/h3-5,7,10,12H,2,6,8-9,16H2,1H3. The monoisotopic (exact) mass is 322 g/mol. The number of nitrogens with zero attached hydrogens (tertiary/aromatic N) is 3. The van der Waals surface area contributed by atoms with Crippen molar-refractivity contribution in [3.63, 3.8) is 0 Å². The minimum atomic E-state index is 0.275. The Hall–Kier alpha value is -1.20. The van der Waals surface area contributed by atoms with Crippen molar-refractivity contribution >= 4 is 15.9 Å². The van der Waals surface area contributed by atoms with Crippen molar-refractivity contribution < 1.29 is 0 Å². The summed E-state index contributed by atoms with van der Waals surface area (Å²) >= 11 is 3.50. The van der Waals surface area contributed by atoms with Gasteiger partial charge in [0.05, 0.1) is 0 Å². The van der Waals surface area contributed by atoms with E-state index in [1.807, 2.05) is 16.8 Å². The topological polar surface area (TPSA) is 56.7 Å². The molecule has 0 aliphatic carbocycles. The average Bonchev–Trinajstić information content (AvgIpc) is 2.84. The fourth-order valence-corrected chi connectivity index (χ4v) is 2.58. The fourth-order valence-electron chi connectivity index (χ4n) is 2.16. The number of rotatable bonds is 6. The van der Waals surface area contributed by atoms with Crippen molar-refractivity contribution in [3.05, 3.63) is 46.5 Å². The molecule has 1 atom stereocenters. The van der Waals surface area contributed by atoms with E-state index in [1.165, 1.54) is 5.56 Å². The van der Waals surface area contributed by atoms with Crippen LogP contribution in [0.4, 0.5) is 0 Å². The van der Waals surface area contributed by atoms with Crippen LogP contribution in [0.25, 0.3) is 0 Å². The highest BCUT2D eigenvalue weighted by Gasteiger charge is 2.14. The van der Waals surface area contributed by atoms with Crippen LogP contribution in [-0.4, -0.2) is 21.3 Å². The molecule has 2 aromatic rings. The number of halogens is 1. The Bertz CT molecular complexity index is 524. The molecule has 0 radical (unpaired) electrons. The zero-order valence-corrected chi connectivity index (χ0v) is 12.7. The maximum absolute atomic E-state index is 5.92. The first-order chi connectivity index (χ1) is 9.24. The first kappa shape index (κ1) is 14.2. The number of aryl methyl sites for hydroxylation is 1. The Labute approximate surface area is 122 Å². The molecule has 0 amide bonds. The van der Waals surface area contributed by atoms with Crippen LogP contribution in [0.2, 0.25) is 0 Å². The van der Waals surface area contributed by atoms with E-state index in [1.54, 1.807) is 6.33 Å². The molecule has 0 aliphatic heterocycles. The zero-order valence-electron chi connectivity index (χ0n) is 11.1. The molecule has 1 aromatic heterocycles. The summed E-state index contributed by atoms with van der Waals surface area (Å²) in [4.78, 5) is 4.36. The van der Waals surface area contributed by atoms with Crippen molar-refractivity contribution in [2.45, 2.75) is 32.2 Å². The summed E-state index contributed by atoms with van der Waals surface area (Å²) in [6.07, 6.45) is 3.51. The second-order valence-electron chi connectivity index (χ2n) is 4.59. The molecule has 2 N–H and O–H groups in total. The van der Waals surface area contributed by atoms with Crippen LogP contribution in [0.1, 0.15) is 30.7 Å². The molecule has 0 saturated carbocycles. The van der Waals surface area contributed by atoms with Crippen LogP contribution in [0.3, 0.4) is 0 Å². The third-order valence-electron chi connectivity index (χ3n) is 3.16. The van der Waals surface area contributed by atoms with Crippen LogP contribution in [0.5, 0.6) is 0 Å². The van der Waals surface area contributed by atoms with Crippen molar-refractivity contribution in [1.29, 1.82) is 0 Å². The molecule has 1 aromatic carbocycles. The van der Waals surface area contributed by atoms with E-state index < -0.39 is 0 Å². The Morgan fingerprint density at radius 2 is 2.26 bits per heavy atom. The van der Waals surface area contributed by atoms with Gasteiger partial charge in [0.2, 0.25) is 0 Å². The number of nitrogens with two attached hydrogens (primary N) is 1. The van der Waals surface area contributed by atoms with Crippen LogP contribution < -0.4 is 5.73 Å². The molecule has 2 rings (SSSR count). The summed E-state index contributed by atoms with van der Waals surface area (Å²) in [5.74, 6) is 1.29. The largest absolute Gasteiger partial charge is 0.330 e. The van der Waals surface area contributed by atoms with Gasteiger partial charge >= 0.3 is 0 Å². The maximum atomic E-state index is 5.92. The van der Waals surface area contributed by atoms with Crippen molar-refractivity contribution in [3.8, 4) is 0 Å². The Kier molecular flexibility index (Phi) is 5.10. The number of aromatic nitrogens is 3. The SMILES string of the molecule is CCCn1ncnc1CC(CN)c1cccc(Br)c1. The zero-order chi connectivity index (χ0) is 13.7. The smallest absolute Gasteiger partial charge is 0.138 e. The summed E-state index contributed by atoms with van der Waals surface area (Å²) in [5, 5.41) is 4.26. The molecule has 19 heavy (non-hydrogen) atoms. The van der Waals surface area contributed by atoms with E-state index >= 15 is 0 Å². The Morgan fingerprint density at radius 1 is 1.42 bits per heavy atom. The van der Waals surface area contributed by atoms with Crippen molar-refractivity contribution in [1.82, 2.24) is 14.8 Å². The molecule has 1 unspecified atom stereocenters. The Morgan fingerprint density at radius 3 is 2.95 bits per heavy atom. The van der Waals surface area contributed by atoms with E-state index in [0.29, 0.717) is 6.54 Å². The first-order valence-corrected chi connectivity index (χ1v) is 7.36. The van der Waals surface area contributed by atoms with Gasteiger partial charge in [0.1, 0.15) is 12.2 Å². The lowest BCUT2D eigenvalue weighted by Gasteiger charge is -2.15. The van der Waals surface area contributed by atoms with Crippen molar-refractivity contribution in [2.24, 2.45) is 5.73 Å². The van der Waals surface area contributed by atoms with E-state index in [9.17, 15) is 0 Å². The quantitative estimate of drug-likeness (QED) is 0.889. The predicted octanol–water partition coefficient (Wildman–Crippen LogP) is 2.74. The summed E-state index contributed by atoms with van der Waals surface area (Å²) in [5.41, 5.74) is 7.16. The fraction of sp³-hybridized carbons (Fsp3) is 0.429. The van der Waals surface area contributed by atoms with E-state index in [0.717, 1.165) is 29.7 Å². The molecule has 0 bridgehead atoms. The van der Waals surface area contributed by atoms with Gasteiger partial charge in [-0.3, -0.25) is 4.68 Å². The van der Waals surface area contributed by atoms with E-state index in [2.05, 4.69) is 45.1 Å². The number of hydrogen-bond acceptors (Lipinski definition) is 3. The van der Waals surface area contributed by atoms with Gasteiger partial charge in [0.25, 0.3) is 0 Å². The molecular formula is C14H19BrN4. The highest BCUT2D eigenvalue weighted by molar-refractivity contribution is 9.10. The molecule has 0 fully saturated rings. The number of benzene rings is 1. The minimum absolute atomic E-state index is 0.275. The van der Waals surface area contributed by atoms with Crippen LogP contribution in [0.15, 0.2) is 35.1 Å². The molecule has 0 aliphatic rings. The summed E-state index contributed by atoms with van der Waals surface area (Å²) in [7, 11) is 0. The lowest BCUT2D eigenvalue weighted by Crippen LogP contribution is -2.18. The summed E-state index contributed by atoms with van der Waals surface area (Å²) in [6.45, 7) is 3.65. The lowest BCUT2D eigenvalue weighted by atomic mass is 9.95. The molecule has 1 heterocycles. The molecule has 4 nitrogen and oxygen atoms in total. The van der Waals surface area contributed by atoms with Crippen LogP contribution in [-0.2, 0) is 13.0 Å². The van der Waals surface area contributed by atoms with E-state index in [-0.39, 0.29) is 5.92 Å². The van der Waals surface area contributed by atoms with Gasteiger partial charge in [-0.05, 0) is 30.7 Å². The minimum Gasteiger partial charge on any atom is -0.330 e. The molecule has 102 valence electrons. The molecular weight excluding hydrogens is 304 g/mol. The summed E-state index contributed by atoms with van der Waals surface area (Å²) in [6, 6.07) is 8.30. The Balaban J connectivity index is 2.17. The van der Waals surface area contributed by atoms with Gasteiger partial charge in [-0.25, -0.2) is 4.98 Å². The van der Waals surface area contributed by atoms with Gasteiger partial charge in [0, 0.05) is 23.4 Å². The maximum Gasteiger partial charge on any atom is 0.138 e. The van der Waals surface area contributed by atoms with Gasteiger partial charge in [-0.15, -0.1) is 0 Å². The highest BCUT2D eigenvalue weighted by atomic mass is 79.9.